The lowest BCUT2D eigenvalue weighted by Gasteiger charge is -2.41. The summed E-state index contributed by atoms with van der Waals surface area (Å²) in [6.45, 7) is 11.7. The lowest BCUT2D eigenvalue weighted by Crippen LogP contribution is -2.54. The van der Waals surface area contributed by atoms with Gasteiger partial charge in [-0.05, 0) is 41.5 Å². The van der Waals surface area contributed by atoms with E-state index in [0.717, 1.165) is 0 Å². The van der Waals surface area contributed by atoms with E-state index in [0.29, 0.717) is 4.43 Å². The van der Waals surface area contributed by atoms with E-state index in [2.05, 4.69) is 22.6 Å². The molecule has 0 aromatic carbocycles. The number of alkyl halides is 1. The van der Waals surface area contributed by atoms with Gasteiger partial charge < -0.3 is 18.9 Å². The Morgan fingerprint density at radius 2 is 1.46 bits per heavy atom. The Morgan fingerprint density at radius 1 is 0.962 bits per heavy atom. The minimum atomic E-state index is -0.852. The van der Waals surface area contributed by atoms with Crippen LogP contribution in [0.1, 0.15) is 54.9 Å². The van der Waals surface area contributed by atoms with Crippen molar-refractivity contribution in [1.29, 1.82) is 0 Å². The zero-order chi connectivity index (χ0) is 20.3. The summed E-state index contributed by atoms with van der Waals surface area (Å²) in [5.41, 5.74) is -1.42. The number of hydrogen-bond donors (Lipinski definition) is 0. The second-order valence-corrected chi connectivity index (χ2v) is 9.30. The van der Waals surface area contributed by atoms with Crippen LogP contribution >= 0.6 is 22.6 Å². The molecule has 0 radical (unpaired) electrons. The fraction of sp³-hybridized carbons (Fsp3) is 0.833. The van der Waals surface area contributed by atoms with Crippen LogP contribution in [0.25, 0.3) is 0 Å². The summed E-state index contributed by atoms with van der Waals surface area (Å²) in [4.78, 5) is 36.0. The van der Waals surface area contributed by atoms with Crippen LogP contribution in [0.2, 0.25) is 0 Å². The first-order valence-electron chi connectivity index (χ1n) is 8.56. The largest absolute Gasteiger partial charge is 0.458 e. The third-order valence-electron chi connectivity index (χ3n) is 3.66. The molecule has 0 spiro atoms. The predicted molar refractivity (Wildman–Crippen MR) is 103 cm³/mol. The van der Waals surface area contributed by atoms with Crippen LogP contribution < -0.4 is 0 Å². The maximum atomic E-state index is 12.4. The Hall–Kier alpha value is -0.900. The SMILES string of the molecule is CC(=O)OC1C[C@@H](OC(=O)C(C)(C)C)[C@H](OC(=O)C(C)(C)C)[C@@H](CI)O1. The highest BCUT2D eigenvalue weighted by Gasteiger charge is 2.46. The van der Waals surface area contributed by atoms with Crippen LogP contribution in [-0.2, 0) is 33.3 Å². The van der Waals surface area contributed by atoms with Gasteiger partial charge in [-0.15, -0.1) is 0 Å². The van der Waals surface area contributed by atoms with E-state index in [1.54, 1.807) is 41.5 Å². The van der Waals surface area contributed by atoms with Gasteiger partial charge in [0.25, 0.3) is 0 Å². The molecule has 7 nitrogen and oxygen atoms in total. The van der Waals surface area contributed by atoms with E-state index in [9.17, 15) is 14.4 Å². The molecule has 150 valence electrons. The van der Waals surface area contributed by atoms with Gasteiger partial charge in [-0.25, -0.2) is 0 Å². The van der Waals surface area contributed by atoms with Crippen molar-refractivity contribution in [2.45, 2.75) is 79.5 Å². The molecule has 0 aromatic rings. The molecule has 4 atom stereocenters. The summed E-state index contributed by atoms with van der Waals surface area (Å²) in [5.74, 6) is -1.33. The molecule has 0 amide bonds. The second kappa shape index (κ2) is 8.86. The number of hydrogen-bond acceptors (Lipinski definition) is 7. The van der Waals surface area contributed by atoms with Gasteiger partial charge in [0, 0.05) is 11.4 Å². The minimum absolute atomic E-state index is 0.108. The molecule has 0 saturated carbocycles. The van der Waals surface area contributed by atoms with Gasteiger partial charge >= 0.3 is 17.9 Å². The molecule has 0 bridgehead atoms. The standard InChI is InChI=1S/C18H29IO7/c1-10(20)23-13-8-11(25-15(21)17(2,3)4)14(12(9-19)24-13)26-16(22)18(5,6)7/h11-14H,8-9H2,1-7H3/t11-,12-,13?,14+/m1/s1. The monoisotopic (exact) mass is 484 g/mol. The summed E-state index contributed by atoms with van der Waals surface area (Å²) < 4.78 is 22.7. The van der Waals surface area contributed by atoms with Gasteiger partial charge in [-0.3, -0.25) is 14.4 Å². The number of halogens is 1. The summed E-state index contributed by atoms with van der Waals surface area (Å²) in [7, 11) is 0. The van der Waals surface area contributed by atoms with Crippen LogP contribution in [0, 0.1) is 10.8 Å². The lowest BCUT2D eigenvalue weighted by atomic mass is 9.95. The first kappa shape index (κ1) is 23.1. The van der Waals surface area contributed by atoms with Crippen molar-refractivity contribution in [3.63, 3.8) is 0 Å². The van der Waals surface area contributed by atoms with Crippen molar-refractivity contribution in [1.82, 2.24) is 0 Å². The van der Waals surface area contributed by atoms with Gasteiger partial charge in [0.15, 0.2) is 6.10 Å². The maximum Gasteiger partial charge on any atom is 0.311 e. The van der Waals surface area contributed by atoms with Crippen molar-refractivity contribution in [2.24, 2.45) is 10.8 Å². The molecule has 1 fully saturated rings. The quantitative estimate of drug-likeness (QED) is 0.262. The minimum Gasteiger partial charge on any atom is -0.458 e. The second-order valence-electron chi connectivity index (χ2n) is 8.42. The highest BCUT2D eigenvalue weighted by Crippen LogP contribution is 2.31. The van der Waals surface area contributed by atoms with Crippen LogP contribution in [-0.4, -0.2) is 46.9 Å². The van der Waals surface area contributed by atoms with E-state index in [4.69, 9.17) is 18.9 Å². The van der Waals surface area contributed by atoms with Gasteiger partial charge in [-0.2, -0.15) is 0 Å². The van der Waals surface area contributed by atoms with Gasteiger partial charge in [0.05, 0.1) is 17.3 Å². The highest BCUT2D eigenvalue weighted by molar-refractivity contribution is 14.1. The molecule has 8 heteroatoms. The number of rotatable bonds is 4. The Morgan fingerprint density at radius 3 is 1.88 bits per heavy atom. The van der Waals surface area contributed by atoms with Gasteiger partial charge in [0.2, 0.25) is 6.29 Å². The van der Waals surface area contributed by atoms with Crippen molar-refractivity contribution < 1.29 is 33.3 Å². The summed E-state index contributed by atoms with van der Waals surface area (Å²) in [6.07, 6.45) is -2.83. The first-order valence-corrected chi connectivity index (χ1v) is 10.1. The normalized spacial score (nSPS) is 26.8. The third kappa shape index (κ3) is 6.68. The van der Waals surface area contributed by atoms with Crippen LogP contribution in [0.4, 0.5) is 0 Å². The maximum absolute atomic E-state index is 12.4. The molecule has 1 heterocycles. The Labute approximate surface area is 168 Å². The highest BCUT2D eigenvalue weighted by atomic mass is 127. The summed E-state index contributed by atoms with van der Waals surface area (Å²) >= 11 is 2.10. The smallest absolute Gasteiger partial charge is 0.311 e. The zero-order valence-corrected chi connectivity index (χ0v) is 18.6. The van der Waals surface area contributed by atoms with E-state index >= 15 is 0 Å². The van der Waals surface area contributed by atoms with Crippen LogP contribution in [0.15, 0.2) is 0 Å². The summed E-state index contributed by atoms with van der Waals surface area (Å²) in [6, 6.07) is 0. The molecule has 1 rings (SSSR count). The molecular weight excluding hydrogens is 455 g/mol. The molecular formula is C18H29IO7. The Balaban J connectivity index is 3.07. The lowest BCUT2D eigenvalue weighted by molar-refractivity contribution is -0.252. The molecule has 1 saturated heterocycles. The topological polar surface area (TPSA) is 88.1 Å². The number of ether oxygens (including phenoxy) is 4. The molecule has 1 unspecified atom stereocenters. The number of esters is 3. The van der Waals surface area contributed by atoms with Crippen LogP contribution in [0.3, 0.4) is 0 Å². The Bertz CT molecular complexity index is 533. The van der Waals surface area contributed by atoms with Crippen molar-refractivity contribution in [3.05, 3.63) is 0 Å². The third-order valence-corrected chi connectivity index (χ3v) is 4.53. The molecule has 1 aliphatic heterocycles. The molecule has 0 aliphatic carbocycles. The zero-order valence-electron chi connectivity index (χ0n) is 16.5. The first-order chi connectivity index (χ1) is 11.8. The predicted octanol–water partition coefficient (Wildman–Crippen LogP) is 3.02. The summed E-state index contributed by atoms with van der Waals surface area (Å²) in [5, 5.41) is 0. The fourth-order valence-electron chi connectivity index (χ4n) is 2.16. The van der Waals surface area contributed by atoms with E-state index in [-0.39, 0.29) is 6.42 Å². The molecule has 26 heavy (non-hydrogen) atoms. The van der Waals surface area contributed by atoms with Crippen LogP contribution in [0.5, 0.6) is 0 Å². The average molecular weight is 484 g/mol. The number of carbonyl (C=O) groups excluding carboxylic acids is 3. The molecule has 1 aliphatic rings. The average Bonchev–Trinajstić information content (AvgIpc) is 2.46. The fourth-order valence-corrected chi connectivity index (χ4v) is 2.87. The Kier molecular flexibility index (Phi) is 7.88. The molecule has 0 aromatic heterocycles. The van der Waals surface area contributed by atoms with Crippen molar-refractivity contribution in [3.8, 4) is 0 Å². The van der Waals surface area contributed by atoms with E-state index in [1.807, 2.05) is 0 Å². The number of carbonyl (C=O) groups is 3. The van der Waals surface area contributed by atoms with E-state index < -0.39 is 53.3 Å². The van der Waals surface area contributed by atoms with E-state index in [1.165, 1.54) is 6.92 Å². The van der Waals surface area contributed by atoms with Gasteiger partial charge in [0.1, 0.15) is 12.2 Å². The van der Waals surface area contributed by atoms with Gasteiger partial charge in [-0.1, -0.05) is 22.6 Å². The van der Waals surface area contributed by atoms with Crippen molar-refractivity contribution >= 4 is 40.5 Å². The molecule has 0 N–H and O–H groups in total. The van der Waals surface area contributed by atoms with Crippen molar-refractivity contribution in [2.75, 3.05) is 4.43 Å².